The quantitative estimate of drug-likeness (QED) is 0.759. The molecule has 1 N–H and O–H groups in total. The van der Waals surface area contributed by atoms with Crippen LogP contribution in [0.1, 0.15) is 72.0 Å². The van der Waals surface area contributed by atoms with Gasteiger partial charge in [0.2, 0.25) is 0 Å². The summed E-state index contributed by atoms with van der Waals surface area (Å²) in [5, 5.41) is 8.33. The van der Waals surface area contributed by atoms with Crippen molar-refractivity contribution in [3.63, 3.8) is 0 Å². The predicted molar refractivity (Wildman–Crippen MR) is 77.7 cm³/mol. The molecule has 0 bridgehead atoms. The molecule has 0 aliphatic heterocycles. The summed E-state index contributed by atoms with van der Waals surface area (Å²) < 4.78 is 2.07. The summed E-state index contributed by atoms with van der Waals surface area (Å²) in [7, 11) is 0. The second-order valence-electron chi connectivity index (χ2n) is 5.24. The van der Waals surface area contributed by atoms with E-state index in [4.69, 9.17) is 0 Å². The first kappa shape index (κ1) is 15.2. The number of nitrogens with zero attached hydrogens (tertiary/aromatic N) is 2. The summed E-state index contributed by atoms with van der Waals surface area (Å²) in [6.45, 7) is 12.1. The molecular weight excluding hydrogens is 222 g/mol. The summed E-state index contributed by atoms with van der Waals surface area (Å²) >= 11 is 0. The van der Waals surface area contributed by atoms with Gasteiger partial charge in [-0.3, -0.25) is 4.68 Å². The van der Waals surface area contributed by atoms with Gasteiger partial charge in [0.1, 0.15) is 0 Å². The zero-order valence-corrected chi connectivity index (χ0v) is 12.7. The highest BCUT2D eigenvalue weighted by atomic mass is 15.3. The highest BCUT2D eigenvalue weighted by Gasteiger charge is 2.22. The van der Waals surface area contributed by atoms with Gasteiger partial charge >= 0.3 is 0 Å². The Bertz CT molecular complexity index is 331. The van der Waals surface area contributed by atoms with Crippen molar-refractivity contribution < 1.29 is 0 Å². The van der Waals surface area contributed by atoms with Gasteiger partial charge in [-0.15, -0.1) is 0 Å². The average molecular weight is 251 g/mol. The molecule has 1 atom stereocenters. The van der Waals surface area contributed by atoms with Crippen molar-refractivity contribution in [3.05, 3.63) is 18.0 Å². The minimum absolute atomic E-state index is 0.278. The van der Waals surface area contributed by atoms with E-state index in [1.807, 2.05) is 0 Å². The molecule has 0 amide bonds. The molecule has 3 heteroatoms. The van der Waals surface area contributed by atoms with Gasteiger partial charge in [-0.25, -0.2) is 0 Å². The minimum Gasteiger partial charge on any atom is -0.306 e. The number of aromatic nitrogens is 2. The monoisotopic (exact) mass is 251 g/mol. The summed E-state index contributed by atoms with van der Waals surface area (Å²) in [5.74, 6) is 0. The fraction of sp³-hybridized carbons (Fsp3) is 0.800. The lowest BCUT2D eigenvalue weighted by molar-refractivity contribution is 0.286. The molecule has 0 saturated heterocycles. The predicted octanol–water partition coefficient (Wildman–Crippen LogP) is 3.91. The third-order valence-corrected chi connectivity index (χ3v) is 4.38. The Morgan fingerprint density at radius 3 is 2.33 bits per heavy atom. The van der Waals surface area contributed by atoms with Crippen LogP contribution >= 0.6 is 0 Å². The molecule has 1 heterocycles. The zero-order valence-electron chi connectivity index (χ0n) is 12.7. The van der Waals surface area contributed by atoms with Crippen molar-refractivity contribution >= 4 is 0 Å². The molecule has 0 fully saturated rings. The van der Waals surface area contributed by atoms with E-state index in [0.717, 1.165) is 18.7 Å². The first-order valence-electron chi connectivity index (χ1n) is 7.39. The lowest BCUT2D eigenvalue weighted by atomic mass is 9.90. The van der Waals surface area contributed by atoms with E-state index in [9.17, 15) is 0 Å². The maximum Gasteiger partial charge on any atom is 0.0762 e. The lowest BCUT2D eigenvalue weighted by Crippen LogP contribution is -2.43. The van der Waals surface area contributed by atoms with Crippen molar-refractivity contribution in [3.8, 4) is 0 Å². The fourth-order valence-corrected chi connectivity index (χ4v) is 2.31. The van der Waals surface area contributed by atoms with Crippen LogP contribution in [0.4, 0.5) is 0 Å². The van der Waals surface area contributed by atoms with E-state index in [0.29, 0.717) is 6.04 Å². The molecule has 18 heavy (non-hydrogen) atoms. The van der Waals surface area contributed by atoms with E-state index in [2.05, 4.69) is 62.0 Å². The van der Waals surface area contributed by atoms with Crippen LogP contribution in [0.25, 0.3) is 0 Å². The van der Waals surface area contributed by atoms with Gasteiger partial charge in [-0.05, 0) is 38.7 Å². The molecular formula is C15H29N3. The smallest absolute Gasteiger partial charge is 0.0762 e. The van der Waals surface area contributed by atoms with Crippen LogP contribution in [0.3, 0.4) is 0 Å². The van der Waals surface area contributed by atoms with E-state index in [1.54, 1.807) is 0 Å². The zero-order chi connectivity index (χ0) is 13.6. The molecule has 0 aromatic carbocycles. The third kappa shape index (κ3) is 3.58. The van der Waals surface area contributed by atoms with Crippen LogP contribution < -0.4 is 5.32 Å². The maximum absolute atomic E-state index is 4.64. The van der Waals surface area contributed by atoms with E-state index < -0.39 is 0 Å². The lowest BCUT2D eigenvalue weighted by Gasteiger charge is -2.31. The van der Waals surface area contributed by atoms with Crippen molar-refractivity contribution in [1.82, 2.24) is 15.1 Å². The minimum atomic E-state index is 0.278. The molecule has 1 aromatic heterocycles. The van der Waals surface area contributed by atoms with Gasteiger partial charge in [-0.1, -0.05) is 27.7 Å². The molecule has 1 unspecified atom stereocenters. The van der Waals surface area contributed by atoms with Crippen molar-refractivity contribution in [1.29, 1.82) is 0 Å². The second kappa shape index (κ2) is 6.93. The highest BCUT2D eigenvalue weighted by molar-refractivity contribution is 5.01. The fourth-order valence-electron chi connectivity index (χ4n) is 2.31. The molecule has 0 saturated carbocycles. The summed E-state index contributed by atoms with van der Waals surface area (Å²) in [6, 6.07) is 2.62. The van der Waals surface area contributed by atoms with Crippen LogP contribution in [0.5, 0.6) is 0 Å². The molecule has 104 valence electrons. The third-order valence-electron chi connectivity index (χ3n) is 4.38. The van der Waals surface area contributed by atoms with E-state index >= 15 is 0 Å². The van der Waals surface area contributed by atoms with Crippen LogP contribution in [0.2, 0.25) is 0 Å². The molecule has 0 spiro atoms. The largest absolute Gasteiger partial charge is 0.306 e. The Labute approximate surface area is 112 Å². The maximum atomic E-state index is 4.64. The summed E-state index contributed by atoms with van der Waals surface area (Å²) in [5.41, 5.74) is 1.43. The Hall–Kier alpha value is -0.830. The molecule has 3 nitrogen and oxygen atoms in total. The average Bonchev–Trinajstić information content (AvgIpc) is 2.89. The van der Waals surface area contributed by atoms with Crippen LogP contribution in [0.15, 0.2) is 12.3 Å². The van der Waals surface area contributed by atoms with Crippen LogP contribution in [-0.4, -0.2) is 15.3 Å². The Morgan fingerprint density at radius 1 is 1.22 bits per heavy atom. The van der Waals surface area contributed by atoms with Gasteiger partial charge < -0.3 is 5.32 Å². The van der Waals surface area contributed by atoms with Gasteiger partial charge in [-0.2, -0.15) is 5.10 Å². The topological polar surface area (TPSA) is 29.9 Å². The van der Waals surface area contributed by atoms with Crippen molar-refractivity contribution in [2.24, 2.45) is 0 Å². The summed E-state index contributed by atoms with van der Waals surface area (Å²) in [4.78, 5) is 0. The highest BCUT2D eigenvalue weighted by Crippen LogP contribution is 2.20. The standard InChI is InChI=1S/C15H29N3/c1-6-13(5)18-11-10-14(17-18)12-16-15(7-2,8-3)9-4/h10-11,13,16H,6-9,12H2,1-5H3. The molecule has 0 radical (unpaired) electrons. The van der Waals surface area contributed by atoms with Crippen molar-refractivity contribution in [2.45, 2.75) is 78.4 Å². The van der Waals surface area contributed by atoms with Crippen LogP contribution in [-0.2, 0) is 6.54 Å². The molecule has 1 rings (SSSR count). The normalized spacial score (nSPS) is 13.8. The van der Waals surface area contributed by atoms with Gasteiger partial charge in [0.15, 0.2) is 0 Å². The molecule has 1 aromatic rings. The van der Waals surface area contributed by atoms with Gasteiger partial charge in [0.25, 0.3) is 0 Å². The Morgan fingerprint density at radius 2 is 1.83 bits per heavy atom. The van der Waals surface area contributed by atoms with Gasteiger partial charge in [0.05, 0.1) is 5.69 Å². The number of hydrogen-bond acceptors (Lipinski definition) is 2. The summed E-state index contributed by atoms with van der Waals surface area (Å²) in [6.07, 6.45) is 6.73. The van der Waals surface area contributed by atoms with E-state index in [1.165, 1.54) is 19.3 Å². The van der Waals surface area contributed by atoms with Gasteiger partial charge in [0, 0.05) is 24.3 Å². The van der Waals surface area contributed by atoms with Crippen molar-refractivity contribution in [2.75, 3.05) is 0 Å². The number of hydrogen-bond donors (Lipinski definition) is 1. The second-order valence-corrected chi connectivity index (χ2v) is 5.24. The number of rotatable bonds is 8. The van der Waals surface area contributed by atoms with E-state index in [-0.39, 0.29) is 5.54 Å². The number of nitrogens with one attached hydrogen (secondary N) is 1. The first-order valence-corrected chi connectivity index (χ1v) is 7.39. The first-order chi connectivity index (χ1) is 8.60. The Kier molecular flexibility index (Phi) is 5.86. The Balaban J connectivity index is 2.60. The van der Waals surface area contributed by atoms with Crippen LogP contribution in [0, 0.1) is 0 Å². The molecule has 0 aliphatic carbocycles. The molecule has 0 aliphatic rings. The SMILES string of the molecule is CCC(C)n1ccc(CNC(CC)(CC)CC)n1.